The van der Waals surface area contributed by atoms with Crippen molar-refractivity contribution < 1.29 is 4.79 Å². The summed E-state index contributed by atoms with van der Waals surface area (Å²) in [6.45, 7) is 9.09. The van der Waals surface area contributed by atoms with Crippen LogP contribution >= 0.6 is 0 Å². The molecule has 134 valence electrons. The maximum Gasteiger partial charge on any atom is 0.227 e. The topological polar surface area (TPSA) is 42.0 Å². The zero-order chi connectivity index (χ0) is 18.7. The van der Waals surface area contributed by atoms with Gasteiger partial charge in [-0.05, 0) is 40.5 Å². The first-order valence-corrected chi connectivity index (χ1v) is 9.06. The molecule has 26 heavy (non-hydrogen) atoms. The molecule has 0 saturated carbocycles. The predicted octanol–water partition coefficient (Wildman–Crippen LogP) is 4.95. The highest BCUT2D eigenvalue weighted by Gasteiger charge is 2.17. The molecule has 0 bridgehead atoms. The first-order valence-electron chi connectivity index (χ1n) is 9.06. The second-order valence-electron chi connectivity index (χ2n) is 7.83. The Morgan fingerprint density at radius 2 is 1.81 bits per heavy atom. The standard InChI is InChI=1S/C23H26N2O/c1-16(20-7-5-6-18-15-24-13-12-21(18)20)22(26)25-14-17-8-10-19(11-9-17)23(2,3)4/h5-13,15-16H,14H2,1-4H3,(H,25,26). The van der Waals surface area contributed by atoms with E-state index < -0.39 is 0 Å². The molecule has 2 aromatic carbocycles. The Morgan fingerprint density at radius 3 is 2.50 bits per heavy atom. The molecule has 0 fully saturated rings. The van der Waals surface area contributed by atoms with Crippen molar-refractivity contribution in [2.75, 3.05) is 0 Å². The van der Waals surface area contributed by atoms with Crippen molar-refractivity contribution in [1.82, 2.24) is 10.3 Å². The highest BCUT2D eigenvalue weighted by atomic mass is 16.1. The molecule has 1 N–H and O–H groups in total. The van der Waals surface area contributed by atoms with Crippen molar-refractivity contribution >= 4 is 16.7 Å². The number of pyridine rings is 1. The SMILES string of the molecule is CC(C(=O)NCc1ccc(C(C)(C)C)cc1)c1cccc2cnccc12. The van der Waals surface area contributed by atoms with E-state index in [0.29, 0.717) is 6.54 Å². The third-order valence-electron chi connectivity index (χ3n) is 4.86. The van der Waals surface area contributed by atoms with Crippen LogP contribution in [0.2, 0.25) is 0 Å². The Bertz CT molecular complexity index is 902. The van der Waals surface area contributed by atoms with Gasteiger partial charge in [0.25, 0.3) is 0 Å². The van der Waals surface area contributed by atoms with Crippen LogP contribution in [-0.2, 0) is 16.8 Å². The smallest absolute Gasteiger partial charge is 0.227 e. The molecule has 1 aromatic heterocycles. The fourth-order valence-corrected chi connectivity index (χ4v) is 3.13. The molecule has 0 aliphatic carbocycles. The first kappa shape index (κ1) is 18.1. The Kier molecular flexibility index (Phi) is 5.08. The molecule has 0 spiro atoms. The van der Waals surface area contributed by atoms with Gasteiger partial charge in [-0.25, -0.2) is 0 Å². The Morgan fingerprint density at radius 1 is 1.08 bits per heavy atom. The van der Waals surface area contributed by atoms with E-state index in [1.807, 2.05) is 37.4 Å². The van der Waals surface area contributed by atoms with Crippen molar-refractivity contribution in [2.45, 2.75) is 45.6 Å². The molecule has 0 saturated heterocycles. The van der Waals surface area contributed by atoms with Gasteiger partial charge in [0.15, 0.2) is 0 Å². The molecule has 3 heteroatoms. The van der Waals surface area contributed by atoms with Gasteiger partial charge < -0.3 is 5.32 Å². The quantitative estimate of drug-likeness (QED) is 0.726. The number of aromatic nitrogens is 1. The van der Waals surface area contributed by atoms with Crippen LogP contribution in [0.5, 0.6) is 0 Å². The molecular weight excluding hydrogens is 320 g/mol. The number of rotatable bonds is 4. The normalized spacial score (nSPS) is 12.8. The maximum atomic E-state index is 12.7. The number of hydrogen-bond donors (Lipinski definition) is 1. The van der Waals surface area contributed by atoms with E-state index in [4.69, 9.17) is 0 Å². The van der Waals surface area contributed by atoms with E-state index >= 15 is 0 Å². The molecule has 1 unspecified atom stereocenters. The van der Waals surface area contributed by atoms with Crippen LogP contribution in [0.1, 0.15) is 50.3 Å². The summed E-state index contributed by atoms with van der Waals surface area (Å²) >= 11 is 0. The van der Waals surface area contributed by atoms with Gasteiger partial charge >= 0.3 is 0 Å². The number of fused-ring (bicyclic) bond motifs is 1. The molecule has 0 aliphatic rings. The van der Waals surface area contributed by atoms with Crippen molar-refractivity contribution in [3.05, 3.63) is 77.6 Å². The Hall–Kier alpha value is -2.68. The molecule has 1 amide bonds. The minimum absolute atomic E-state index is 0.0363. The number of hydrogen-bond acceptors (Lipinski definition) is 2. The van der Waals surface area contributed by atoms with E-state index in [1.54, 1.807) is 6.20 Å². The summed E-state index contributed by atoms with van der Waals surface area (Å²) in [5.74, 6) is -0.177. The number of benzene rings is 2. The van der Waals surface area contributed by atoms with Crippen LogP contribution in [0.3, 0.4) is 0 Å². The summed E-state index contributed by atoms with van der Waals surface area (Å²) in [5, 5.41) is 5.21. The van der Waals surface area contributed by atoms with Gasteiger partial charge in [-0.15, -0.1) is 0 Å². The van der Waals surface area contributed by atoms with Crippen LogP contribution in [0.25, 0.3) is 10.8 Å². The van der Waals surface area contributed by atoms with Gasteiger partial charge in [0.2, 0.25) is 5.91 Å². The molecular formula is C23H26N2O. The molecule has 1 atom stereocenters. The van der Waals surface area contributed by atoms with E-state index in [1.165, 1.54) is 5.56 Å². The third-order valence-corrected chi connectivity index (χ3v) is 4.86. The zero-order valence-electron chi connectivity index (χ0n) is 15.9. The second-order valence-corrected chi connectivity index (χ2v) is 7.83. The summed E-state index contributed by atoms with van der Waals surface area (Å²) in [5.41, 5.74) is 3.58. The predicted molar refractivity (Wildman–Crippen MR) is 107 cm³/mol. The van der Waals surface area contributed by atoms with E-state index in [-0.39, 0.29) is 17.2 Å². The molecule has 3 rings (SSSR count). The average Bonchev–Trinajstić information content (AvgIpc) is 2.64. The minimum atomic E-state index is -0.213. The zero-order valence-corrected chi connectivity index (χ0v) is 15.9. The lowest BCUT2D eigenvalue weighted by atomic mass is 9.87. The van der Waals surface area contributed by atoms with Crippen LogP contribution < -0.4 is 5.32 Å². The molecule has 0 radical (unpaired) electrons. The van der Waals surface area contributed by atoms with Crippen LogP contribution in [0.4, 0.5) is 0 Å². The van der Waals surface area contributed by atoms with Gasteiger partial charge in [0.1, 0.15) is 0 Å². The molecule has 0 aliphatic heterocycles. The van der Waals surface area contributed by atoms with Crippen molar-refractivity contribution in [2.24, 2.45) is 0 Å². The van der Waals surface area contributed by atoms with Crippen molar-refractivity contribution in [3.63, 3.8) is 0 Å². The number of nitrogens with zero attached hydrogens (tertiary/aromatic N) is 1. The van der Waals surface area contributed by atoms with Crippen LogP contribution in [0, 0.1) is 0 Å². The number of amides is 1. The first-order chi connectivity index (χ1) is 12.4. The number of carbonyl (C=O) groups excluding carboxylic acids is 1. The largest absolute Gasteiger partial charge is 0.352 e. The highest BCUT2D eigenvalue weighted by Crippen LogP contribution is 2.25. The van der Waals surface area contributed by atoms with Gasteiger partial charge in [0, 0.05) is 24.3 Å². The Labute approximate surface area is 155 Å². The van der Waals surface area contributed by atoms with Crippen LogP contribution in [0.15, 0.2) is 60.9 Å². The lowest BCUT2D eigenvalue weighted by Gasteiger charge is -2.19. The van der Waals surface area contributed by atoms with Crippen molar-refractivity contribution in [3.8, 4) is 0 Å². The third kappa shape index (κ3) is 3.93. The summed E-state index contributed by atoms with van der Waals surface area (Å²) in [7, 11) is 0. The minimum Gasteiger partial charge on any atom is -0.352 e. The summed E-state index contributed by atoms with van der Waals surface area (Å²) in [6, 6.07) is 16.5. The summed E-state index contributed by atoms with van der Waals surface area (Å²) in [4.78, 5) is 16.8. The Balaban J connectivity index is 1.70. The van der Waals surface area contributed by atoms with Gasteiger partial charge in [-0.1, -0.05) is 63.2 Å². The maximum absolute atomic E-state index is 12.7. The summed E-state index contributed by atoms with van der Waals surface area (Å²) < 4.78 is 0. The van der Waals surface area contributed by atoms with Crippen molar-refractivity contribution in [1.29, 1.82) is 0 Å². The molecule has 3 aromatic rings. The highest BCUT2D eigenvalue weighted by molar-refractivity contribution is 5.92. The molecule has 1 heterocycles. The van der Waals surface area contributed by atoms with E-state index in [0.717, 1.165) is 21.9 Å². The fraction of sp³-hybridized carbons (Fsp3) is 0.304. The second kappa shape index (κ2) is 7.28. The lowest BCUT2D eigenvalue weighted by Crippen LogP contribution is -2.27. The van der Waals surface area contributed by atoms with E-state index in [2.05, 4.69) is 55.3 Å². The van der Waals surface area contributed by atoms with Crippen LogP contribution in [-0.4, -0.2) is 10.9 Å². The van der Waals surface area contributed by atoms with Gasteiger partial charge in [0.05, 0.1) is 5.92 Å². The lowest BCUT2D eigenvalue weighted by molar-refractivity contribution is -0.122. The number of carbonyl (C=O) groups is 1. The average molecular weight is 346 g/mol. The van der Waals surface area contributed by atoms with Gasteiger partial charge in [-0.3, -0.25) is 9.78 Å². The van der Waals surface area contributed by atoms with E-state index in [9.17, 15) is 4.79 Å². The fourth-order valence-electron chi connectivity index (χ4n) is 3.13. The molecule has 3 nitrogen and oxygen atoms in total. The monoisotopic (exact) mass is 346 g/mol. The van der Waals surface area contributed by atoms with Gasteiger partial charge in [-0.2, -0.15) is 0 Å². The summed E-state index contributed by atoms with van der Waals surface area (Å²) in [6.07, 6.45) is 3.60. The number of nitrogens with one attached hydrogen (secondary N) is 1.